The molecule has 0 spiro atoms. The Hall–Kier alpha value is -0.300. The Balaban J connectivity index is 2.39. The summed E-state index contributed by atoms with van der Waals surface area (Å²) in [7, 11) is 0. The van der Waals surface area contributed by atoms with Crippen LogP contribution in [0.25, 0.3) is 0 Å². The number of hydrogen-bond acceptors (Lipinski definition) is 1. The van der Waals surface area contributed by atoms with Crippen molar-refractivity contribution in [3.63, 3.8) is 0 Å². The molecule has 0 aromatic carbocycles. The molecule has 0 amide bonds. The van der Waals surface area contributed by atoms with Crippen LogP contribution in [0.5, 0.6) is 0 Å². The highest BCUT2D eigenvalue weighted by Gasteiger charge is 2.24. The van der Waals surface area contributed by atoms with Gasteiger partial charge in [-0.2, -0.15) is 0 Å². The van der Waals surface area contributed by atoms with Crippen molar-refractivity contribution < 1.29 is 4.74 Å². The number of ether oxygens (including phenoxy) is 1. The van der Waals surface area contributed by atoms with Gasteiger partial charge in [-0.25, -0.2) is 0 Å². The van der Waals surface area contributed by atoms with Crippen molar-refractivity contribution in [3.8, 4) is 0 Å². The molecule has 10 heavy (non-hydrogen) atoms. The maximum atomic E-state index is 5.61. The second kappa shape index (κ2) is 3.20. The van der Waals surface area contributed by atoms with Crippen LogP contribution in [0, 0.1) is 0 Å². The van der Waals surface area contributed by atoms with Gasteiger partial charge < -0.3 is 4.74 Å². The summed E-state index contributed by atoms with van der Waals surface area (Å²) in [6, 6.07) is 0. The van der Waals surface area contributed by atoms with Crippen molar-refractivity contribution in [2.24, 2.45) is 0 Å². The Morgan fingerprint density at radius 3 is 2.80 bits per heavy atom. The summed E-state index contributed by atoms with van der Waals surface area (Å²) in [5.74, 6) is 0. The average molecular weight is 140 g/mol. The largest absolute Gasteiger partial charge is 0.371 e. The van der Waals surface area contributed by atoms with E-state index in [9.17, 15) is 0 Å². The minimum Gasteiger partial charge on any atom is -0.371 e. The topological polar surface area (TPSA) is 9.23 Å². The number of rotatable bonds is 2. The van der Waals surface area contributed by atoms with Gasteiger partial charge in [0.05, 0.1) is 12.2 Å². The van der Waals surface area contributed by atoms with E-state index in [-0.39, 0.29) is 0 Å². The van der Waals surface area contributed by atoms with Crippen LogP contribution in [0.4, 0.5) is 0 Å². The molecule has 0 bridgehead atoms. The second-order valence-corrected chi connectivity index (χ2v) is 3.09. The molecular weight excluding hydrogens is 124 g/mol. The summed E-state index contributed by atoms with van der Waals surface area (Å²) in [4.78, 5) is 0. The predicted octanol–water partition coefficient (Wildman–Crippen LogP) is 2.52. The van der Waals surface area contributed by atoms with Crippen LogP contribution < -0.4 is 0 Å². The van der Waals surface area contributed by atoms with Gasteiger partial charge in [0.25, 0.3) is 0 Å². The van der Waals surface area contributed by atoms with Gasteiger partial charge in [0, 0.05) is 0 Å². The summed E-state index contributed by atoms with van der Waals surface area (Å²) in [5, 5.41) is 0. The highest BCUT2D eigenvalue weighted by Crippen LogP contribution is 2.26. The zero-order chi connectivity index (χ0) is 7.56. The van der Waals surface area contributed by atoms with Gasteiger partial charge in [0.2, 0.25) is 0 Å². The van der Waals surface area contributed by atoms with Crippen LogP contribution in [0.15, 0.2) is 12.2 Å². The third-order valence-corrected chi connectivity index (χ3v) is 1.95. The summed E-state index contributed by atoms with van der Waals surface area (Å²) >= 11 is 0. The van der Waals surface area contributed by atoms with E-state index in [1.165, 1.54) is 12.0 Å². The van der Waals surface area contributed by atoms with Gasteiger partial charge in [-0.05, 0) is 25.3 Å². The van der Waals surface area contributed by atoms with Crippen molar-refractivity contribution >= 4 is 0 Å². The van der Waals surface area contributed by atoms with E-state index >= 15 is 0 Å². The highest BCUT2D eigenvalue weighted by atomic mass is 16.5. The molecular formula is C9H16O. The lowest BCUT2D eigenvalue weighted by molar-refractivity contribution is 0.0590. The molecule has 0 radical (unpaired) electrons. The monoisotopic (exact) mass is 140 g/mol. The third kappa shape index (κ3) is 1.60. The van der Waals surface area contributed by atoms with E-state index in [1.807, 2.05) is 0 Å². The van der Waals surface area contributed by atoms with Crippen molar-refractivity contribution in [1.29, 1.82) is 0 Å². The first-order valence-electron chi connectivity index (χ1n) is 4.07. The van der Waals surface area contributed by atoms with E-state index in [2.05, 4.69) is 20.4 Å². The SMILES string of the molecule is C=C1CC(C)O[C@H]1CCC. The first kappa shape index (κ1) is 7.80. The lowest BCUT2D eigenvalue weighted by Crippen LogP contribution is -2.08. The molecule has 1 aliphatic rings. The molecule has 0 aromatic heterocycles. The molecule has 58 valence electrons. The molecule has 1 nitrogen and oxygen atoms in total. The third-order valence-electron chi connectivity index (χ3n) is 1.95. The van der Waals surface area contributed by atoms with Crippen LogP contribution in [0.1, 0.15) is 33.1 Å². The molecule has 1 rings (SSSR count). The van der Waals surface area contributed by atoms with Crippen molar-refractivity contribution in [2.75, 3.05) is 0 Å². The Morgan fingerprint density at radius 1 is 1.70 bits per heavy atom. The first-order valence-corrected chi connectivity index (χ1v) is 4.07. The molecule has 1 fully saturated rings. The lowest BCUT2D eigenvalue weighted by atomic mass is 10.1. The molecule has 0 N–H and O–H groups in total. The molecule has 1 aliphatic heterocycles. The van der Waals surface area contributed by atoms with Gasteiger partial charge in [0.15, 0.2) is 0 Å². The summed E-state index contributed by atoms with van der Waals surface area (Å²) in [5.41, 5.74) is 1.29. The molecule has 2 atom stereocenters. The first-order chi connectivity index (χ1) is 4.74. The summed E-state index contributed by atoms with van der Waals surface area (Å²) in [6.07, 6.45) is 4.16. The van der Waals surface area contributed by atoms with Crippen LogP contribution in [-0.2, 0) is 4.74 Å². The van der Waals surface area contributed by atoms with Crippen LogP contribution in [-0.4, -0.2) is 12.2 Å². The average Bonchev–Trinajstić information content (AvgIpc) is 2.13. The van der Waals surface area contributed by atoms with Crippen LogP contribution >= 0.6 is 0 Å². The van der Waals surface area contributed by atoms with E-state index in [1.54, 1.807) is 0 Å². The van der Waals surface area contributed by atoms with E-state index in [0.717, 1.165) is 12.8 Å². The zero-order valence-electron chi connectivity index (χ0n) is 6.89. The van der Waals surface area contributed by atoms with Crippen LogP contribution in [0.3, 0.4) is 0 Å². The Bertz CT molecular complexity index is 129. The molecule has 1 unspecified atom stereocenters. The van der Waals surface area contributed by atoms with Gasteiger partial charge in [-0.1, -0.05) is 19.9 Å². The van der Waals surface area contributed by atoms with Gasteiger partial charge >= 0.3 is 0 Å². The quantitative estimate of drug-likeness (QED) is 0.535. The zero-order valence-corrected chi connectivity index (χ0v) is 6.89. The normalized spacial score (nSPS) is 33.2. The fraction of sp³-hybridized carbons (Fsp3) is 0.778. The Kier molecular flexibility index (Phi) is 2.50. The minimum atomic E-state index is 0.361. The molecule has 0 saturated carbocycles. The second-order valence-electron chi connectivity index (χ2n) is 3.09. The summed E-state index contributed by atoms with van der Waals surface area (Å²) < 4.78 is 5.61. The molecule has 1 heteroatoms. The molecule has 0 aromatic rings. The number of hydrogen-bond donors (Lipinski definition) is 0. The van der Waals surface area contributed by atoms with E-state index in [4.69, 9.17) is 4.74 Å². The van der Waals surface area contributed by atoms with Gasteiger partial charge in [0.1, 0.15) is 0 Å². The summed E-state index contributed by atoms with van der Waals surface area (Å²) in [6.45, 7) is 8.27. The van der Waals surface area contributed by atoms with E-state index in [0.29, 0.717) is 12.2 Å². The van der Waals surface area contributed by atoms with Crippen LogP contribution in [0.2, 0.25) is 0 Å². The smallest absolute Gasteiger partial charge is 0.0787 e. The van der Waals surface area contributed by atoms with Gasteiger partial charge in [-0.15, -0.1) is 0 Å². The standard InChI is InChI=1S/C9H16O/c1-4-5-9-7(2)6-8(3)10-9/h8-9H,2,4-6H2,1,3H3/t8?,9-/m0/s1. The maximum absolute atomic E-state index is 5.61. The predicted molar refractivity (Wildman–Crippen MR) is 43.0 cm³/mol. The Morgan fingerprint density at radius 2 is 2.40 bits per heavy atom. The van der Waals surface area contributed by atoms with Gasteiger partial charge in [-0.3, -0.25) is 0 Å². The van der Waals surface area contributed by atoms with Crippen molar-refractivity contribution in [1.82, 2.24) is 0 Å². The van der Waals surface area contributed by atoms with Crippen molar-refractivity contribution in [3.05, 3.63) is 12.2 Å². The molecule has 0 aliphatic carbocycles. The maximum Gasteiger partial charge on any atom is 0.0787 e. The van der Waals surface area contributed by atoms with E-state index < -0.39 is 0 Å². The highest BCUT2D eigenvalue weighted by molar-refractivity contribution is 5.08. The fourth-order valence-corrected chi connectivity index (χ4v) is 1.46. The molecule has 1 saturated heterocycles. The lowest BCUT2D eigenvalue weighted by Gasteiger charge is -2.09. The Labute approximate surface area is 63.1 Å². The van der Waals surface area contributed by atoms with Crippen molar-refractivity contribution in [2.45, 2.75) is 45.3 Å². The molecule has 1 heterocycles. The minimum absolute atomic E-state index is 0.361. The fourth-order valence-electron chi connectivity index (χ4n) is 1.46.